The van der Waals surface area contributed by atoms with Gasteiger partial charge >= 0.3 is 7.60 Å². The second-order valence-electron chi connectivity index (χ2n) is 11.1. The fourth-order valence-electron chi connectivity index (χ4n) is 4.32. The molecule has 3 N–H and O–H groups in total. The summed E-state index contributed by atoms with van der Waals surface area (Å²) in [6.07, 6.45) is 29.9. The summed E-state index contributed by atoms with van der Waals surface area (Å²) in [6, 6.07) is 0. The van der Waals surface area contributed by atoms with Crippen LogP contribution in [0, 0.1) is 0 Å². The lowest BCUT2D eigenvalue weighted by Gasteiger charge is -2.35. The summed E-state index contributed by atoms with van der Waals surface area (Å²) in [5, 5.41) is 8.62. The number of nitrogens with zero attached hydrogens (tertiary/aromatic N) is 1. The number of hydrogen-bond donors (Lipinski definition) is 3. The third-order valence-corrected chi connectivity index (χ3v) is 7.72. The van der Waals surface area contributed by atoms with E-state index >= 15 is 0 Å². The molecule has 0 aromatic heterocycles. The number of unbranched alkanes of at least 4 members (excludes halogenated alkanes) is 14. The molecule has 5 nitrogen and oxygen atoms in total. The van der Waals surface area contributed by atoms with Gasteiger partial charge in [0.05, 0.1) is 21.1 Å². The molecule has 0 radical (unpaired) electrons. The largest absolute Gasteiger partial charge is 0.373 e. The van der Waals surface area contributed by atoms with Crippen LogP contribution in [0.1, 0.15) is 122 Å². The summed E-state index contributed by atoms with van der Waals surface area (Å²) in [7, 11) is 0.942. The van der Waals surface area contributed by atoms with E-state index in [1.165, 1.54) is 77.0 Å². The van der Waals surface area contributed by atoms with Gasteiger partial charge in [0.25, 0.3) is 0 Å². The second-order valence-corrected chi connectivity index (χ2v) is 13.0. The predicted octanol–water partition coefficient (Wildman–Crippen LogP) is 7.71. The molecule has 0 aromatic carbocycles. The van der Waals surface area contributed by atoms with Gasteiger partial charge in [-0.15, -0.1) is 0 Å². The lowest BCUT2D eigenvalue weighted by molar-refractivity contribution is -0.875. The van der Waals surface area contributed by atoms with Gasteiger partial charge in [0.2, 0.25) is 5.34 Å². The summed E-state index contributed by atoms with van der Waals surface area (Å²) in [5.41, 5.74) is 0. The van der Waals surface area contributed by atoms with Gasteiger partial charge in [0.1, 0.15) is 6.54 Å². The highest BCUT2D eigenvalue weighted by molar-refractivity contribution is 7.53. The first kappa shape index (κ1) is 33.5. The lowest BCUT2D eigenvalue weighted by atomic mass is 10.1. The molecule has 1 unspecified atom stereocenters. The van der Waals surface area contributed by atoms with Crippen molar-refractivity contribution in [2.75, 3.05) is 27.7 Å². The van der Waals surface area contributed by atoms with Crippen LogP contribution in [0.15, 0.2) is 24.3 Å². The summed E-state index contributed by atoms with van der Waals surface area (Å²) >= 11 is 0. The molecule has 0 spiro atoms. The molecule has 0 aliphatic carbocycles. The quantitative estimate of drug-likeness (QED) is 0.0578. The molecule has 6 heteroatoms. The van der Waals surface area contributed by atoms with Gasteiger partial charge in [-0.1, -0.05) is 82.6 Å². The van der Waals surface area contributed by atoms with Crippen molar-refractivity contribution in [2.24, 2.45) is 0 Å². The lowest BCUT2D eigenvalue weighted by Crippen LogP contribution is -2.49. The zero-order valence-electron chi connectivity index (χ0n) is 22.9. The third kappa shape index (κ3) is 19.8. The van der Waals surface area contributed by atoms with Crippen molar-refractivity contribution >= 4 is 7.60 Å². The molecular formula is C28H57NO4P+. The molecule has 0 bridgehead atoms. The molecule has 0 saturated carbocycles. The van der Waals surface area contributed by atoms with Crippen LogP contribution in [0.25, 0.3) is 0 Å². The Morgan fingerprint density at radius 3 is 1.38 bits per heavy atom. The van der Waals surface area contributed by atoms with E-state index < -0.39 is 12.9 Å². The van der Waals surface area contributed by atoms with Crippen LogP contribution in [0.4, 0.5) is 0 Å². The van der Waals surface area contributed by atoms with Gasteiger partial charge in [0.15, 0.2) is 0 Å². The van der Waals surface area contributed by atoms with Gasteiger partial charge in [0, 0.05) is 0 Å². The van der Waals surface area contributed by atoms with E-state index in [1.807, 2.05) is 21.1 Å². The fraction of sp³-hybridized carbons (Fsp3) is 0.857. The maximum atomic E-state index is 11.8. The van der Waals surface area contributed by atoms with Crippen LogP contribution in [-0.4, -0.2) is 52.4 Å². The number of quaternary nitrogens is 1. The Hall–Kier alpha value is -0.450. The van der Waals surface area contributed by atoms with Crippen LogP contribution in [0.3, 0.4) is 0 Å². The second kappa shape index (κ2) is 19.7. The molecule has 0 rings (SSSR count). The Morgan fingerprint density at radius 2 is 1.00 bits per heavy atom. The highest BCUT2D eigenvalue weighted by Gasteiger charge is 2.48. The Morgan fingerprint density at radius 1 is 0.647 bits per heavy atom. The normalized spacial score (nSPS) is 14.9. The van der Waals surface area contributed by atoms with Gasteiger partial charge in [-0.25, -0.2) is 0 Å². The van der Waals surface area contributed by atoms with E-state index in [9.17, 15) is 19.5 Å². The Bertz CT molecular complexity index is 579. The van der Waals surface area contributed by atoms with Gasteiger partial charge in [-0.05, 0) is 64.2 Å². The number of allylic oxidation sites excluding steroid dienone is 4. The monoisotopic (exact) mass is 502 g/mol. The molecule has 1 atom stereocenters. The van der Waals surface area contributed by atoms with Crippen LogP contribution in [0.5, 0.6) is 0 Å². The number of hydrogen-bond acceptors (Lipinski definition) is 2. The fourth-order valence-corrected chi connectivity index (χ4v) is 5.37. The van der Waals surface area contributed by atoms with Crippen molar-refractivity contribution in [3.05, 3.63) is 24.3 Å². The third-order valence-electron chi connectivity index (χ3n) is 6.27. The Labute approximate surface area is 211 Å². The van der Waals surface area contributed by atoms with Gasteiger partial charge < -0.3 is 19.4 Å². The topological polar surface area (TPSA) is 77.8 Å². The molecule has 0 saturated heterocycles. The highest BCUT2D eigenvalue weighted by atomic mass is 31.2. The van der Waals surface area contributed by atoms with Crippen LogP contribution in [-0.2, 0) is 4.57 Å². The molecule has 34 heavy (non-hydrogen) atoms. The van der Waals surface area contributed by atoms with E-state index in [-0.39, 0.29) is 13.0 Å². The molecule has 0 amide bonds. The minimum absolute atomic E-state index is 0.0478. The zero-order valence-corrected chi connectivity index (χ0v) is 23.8. The van der Waals surface area contributed by atoms with E-state index in [4.69, 9.17) is 0 Å². The van der Waals surface area contributed by atoms with Crippen molar-refractivity contribution in [2.45, 2.75) is 128 Å². The van der Waals surface area contributed by atoms with Crippen LogP contribution < -0.4 is 0 Å². The number of aliphatic hydroxyl groups is 1. The maximum absolute atomic E-state index is 11.8. The van der Waals surface area contributed by atoms with E-state index in [0.717, 1.165) is 25.7 Å². The molecule has 0 heterocycles. The molecule has 0 fully saturated rings. The summed E-state index contributed by atoms with van der Waals surface area (Å²) in [6.45, 7) is 2.32. The first-order valence-electron chi connectivity index (χ1n) is 13.9. The smallest absolute Gasteiger partial charge is 0.362 e. The van der Waals surface area contributed by atoms with E-state index in [0.29, 0.717) is 10.9 Å². The van der Waals surface area contributed by atoms with Crippen molar-refractivity contribution in [3.8, 4) is 0 Å². The van der Waals surface area contributed by atoms with Crippen molar-refractivity contribution in [3.63, 3.8) is 0 Å². The Kier molecular flexibility index (Phi) is 19.4. The molecule has 0 aromatic rings. The SMILES string of the molecule is CCCCCCCCC/C=C\CCCCC/C=C\CCCCCC(O)(C[N+](C)(C)C)P(=O)(O)O. The first-order valence-corrected chi connectivity index (χ1v) is 15.5. The molecular weight excluding hydrogens is 445 g/mol. The van der Waals surface area contributed by atoms with Crippen molar-refractivity contribution in [1.82, 2.24) is 0 Å². The summed E-state index contributed by atoms with van der Waals surface area (Å²) < 4.78 is 12.1. The van der Waals surface area contributed by atoms with Crippen molar-refractivity contribution in [1.29, 1.82) is 0 Å². The molecule has 0 aliphatic rings. The minimum atomic E-state index is -4.56. The standard InChI is InChI=1S/C28H56NO4P/c1-5-6-7-8-9-10-11-12-13-14-15-16-17-18-19-20-21-22-23-24-25-26-28(30,34(31,32)33)27-29(2,3)4/h13-14,20-21,30H,5-12,15-19,22-27H2,1-4H3,(H-,31,32,33)/p+1/b14-13-,21-20-. The van der Waals surface area contributed by atoms with E-state index in [1.54, 1.807) is 0 Å². The van der Waals surface area contributed by atoms with Crippen LogP contribution >= 0.6 is 7.60 Å². The van der Waals surface area contributed by atoms with E-state index in [2.05, 4.69) is 31.2 Å². The van der Waals surface area contributed by atoms with Crippen molar-refractivity contribution < 1.29 is 23.9 Å². The summed E-state index contributed by atoms with van der Waals surface area (Å²) in [4.78, 5) is 19.2. The highest BCUT2D eigenvalue weighted by Crippen LogP contribution is 2.52. The van der Waals surface area contributed by atoms with Crippen LogP contribution in [0.2, 0.25) is 0 Å². The van der Waals surface area contributed by atoms with Gasteiger partial charge in [-0.2, -0.15) is 0 Å². The van der Waals surface area contributed by atoms with Gasteiger partial charge in [-0.3, -0.25) is 4.57 Å². The summed E-state index contributed by atoms with van der Waals surface area (Å²) in [5.74, 6) is 0. The maximum Gasteiger partial charge on any atom is 0.362 e. The number of likely N-dealkylation sites (N-methyl/N-ethyl adjacent to an activating group) is 1. The number of rotatable bonds is 23. The average molecular weight is 503 g/mol. The molecule has 202 valence electrons. The minimum Gasteiger partial charge on any atom is -0.373 e. The Balaban J connectivity index is 3.64. The predicted molar refractivity (Wildman–Crippen MR) is 147 cm³/mol. The zero-order chi connectivity index (χ0) is 25.8. The molecule has 0 aliphatic heterocycles. The average Bonchev–Trinajstić information content (AvgIpc) is 2.73. The first-order chi connectivity index (χ1) is 16.0.